The van der Waals surface area contributed by atoms with Gasteiger partial charge in [0.25, 0.3) is 0 Å². The topological polar surface area (TPSA) is 85.1 Å². The Balaban J connectivity index is 2.11. The highest BCUT2D eigenvalue weighted by atomic mass is 32.2. The summed E-state index contributed by atoms with van der Waals surface area (Å²) < 4.78 is 27.0. The summed E-state index contributed by atoms with van der Waals surface area (Å²) in [6.45, 7) is 4.09. The SMILES string of the molecule is Cc1ccc(S(=O)(=O)NCC(C)c2nccs2)c(N)c1. The highest BCUT2D eigenvalue weighted by Crippen LogP contribution is 2.21. The van der Waals surface area contributed by atoms with Crippen LogP contribution in [0.2, 0.25) is 0 Å². The zero-order chi connectivity index (χ0) is 14.8. The van der Waals surface area contributed by atoms with Crippen molar-refractivity contribution >= 4 is 27.0 Å². The second kappa shape index (κ2) is 5.90. The summed E-state index contributed by atoms with van der Waals surface area (Å²) in [6, 6.07) is 4.91. The minimum atomic E-state index is -3.59. The zero-order valence-electron chi connectivity index (χ0n) is 11.3. The molecule has 5 nitrogen and oxygen atoms in total. The van der Waals surface area contributed by atoms with Crippen LogP contribution in [0.4, 0.5) is 5.69 Å². The smallest absolute Gasteiger partial charge is 0.242 e. The molecule has 0 aliphatic heterocycles. The van der Waals surface area contributed by atoms with Crippen LogP contribution in [0.25, 0.3) is 0 Å². The van der Waals surface area contributed by atoms with Crippen molar-refractivity contribution in [2.45, 2.75) is 24.7 Å². The van der Waals surface area contributed by atoms with Crippen LogP contribution in [0, 0.1) is 6.92 Å². The van der Waals surface area contributed by atoms with Gasteiger partial charge < -0.3 is 5.73 Å². The van der Waals surface area contributed by atoms with Crippen molar-refractivity contribution in [1.82, 2.24) is 9.71 Å². The third-order valence-electron chi connectivity index (χ3n) is 2.91. The minimum Gasteiger partial charge on any atom is -0.398 e. The Morgan fingerprint density at radius 2 is 2.20 bits per heavy atom. The van der Waals surface area contributed by atoms with E-state index in [0.717, 1.165) is 10.6 Å². The highest BCUT2D eigenvalue weighted by molar-refractivity contribution is 7.89. The lowest BCUT2D eigenvalue weighted by molar-refractivity contribution is 0.575. The molecule has 0 amide bonds. The molecule has 2 aromatic rings. The van der Waals surface area contributed by atoms with E-state index in [0.29, 0.717) is 6.54 Å². The van der Waals surface area contributed by atoms with Gasteiger partial charge in [-0.15, -0.1) is 11.3 Å². The first-order valence-corrected chi connectivity index (χ1v) is 8.51. The zero-order valence-corrected chi connectivity index (χ0v) is 13.0. The van der Waals surface area contributed by atoms with E-state index in [9.17, 15) is 8.42 Å². The molecule has 7 heteroatoms. The number of nitrogen functional groups attached to an aromatic ring is 1. The van der Waals surface area contributed by atoms with Gasteiger partial charge in [-0.3, -0.25) is 0 Å². The molecular formula is C13H17N3O2S2. The summed E-state index contributed by atoms with van der Waals surface area (Å²) >= 11 is 1.51. The van der Waals surface area contributed by atoms with Crippen LogP contribution >= 0.6 is 11.3 Å². The molecule has 1 aromatic carbocycles. The van der Waals surface area contributed by atoms with Crippen LogP contribution in [0.5, 0.6) is 0 Å². The van der Waals surface area contributed by atoms with Crippen LogP contribution in [0.3, 0.4) is 0 Å². The first-order valence-electron chi connectivity index (χ1n) is 6.15. The summed E-state index contributed by atoms with van der Waals surface area (Å²) in [5, 5.41) is 2.78. The molecule has 1 atom stereocenters. The molecule has 108 valence electrons. The molecule has 1 aromatic heterocycles. The van der Waals surface area contributed by atoms with Crippen LogP contribution < -0.4 is 10.5 Å². The Kier molecular flexibility index (Phi) is 4.42. The summed E-state index contributed by atoms with van der Waals surface area (Å²) in [5.74, 6) is 0.0245. The number of hydrogen-bond acceptors (Lipinski definition) is 5. The number of rotatable bonds is 5. The second-order valence-electron chi connectivity index (χ2n) is 4.66. The number of aryl methyl sites for hydroxylation is 1. The van der Waals surface area contributed by atoms with Gasteiger partial charge >= 0.3 is 0 Å². The average Bonchev–Trinajstić information content (AvgIpc) is 2.89. The molecule has 0 radical (unpaired) electrons. The second-order valence-corrected chi connectivity index (χ2v) is 7.33. The fraction of sp³-hybridized carbons (Fsp3) is 0.308. The summed E-state index contributed by atoms with van der Waals surface area (Å²) in [7, 11) is -3.59. The van der Waals surface area contributed by atoms with Gasteiger partial charge in [-0.25, -0.2) is 18.1 Å². The molecule has 20 heavy (non-hydrogen) atoms. The molecule has 0 fully saturated rings. The third kappa shape index (κ3) is 3.36. The van der Waals surface area contributed by atoms with E-state index in [-0.39, 0.29) is 16.5 Å². The molecule has 0 spiro atoms. The normalized spacial score (nSPS) is 13.3. The number of hydrogen-bond donors (Lipinski definition) is 2. The molecule has 1 heterocycles. The number of benzene rings is 1. The van der Waals surface area contributed by atoms with Gasteiger partial charge in [0.15, 0.2) is 0 Å². The van der Waals surface area contributed by atoms with Crippen LogP contribution in [0.15, 0.2) is 34.7 Å². The Bertz CT molecular complexity index is 682. The largest absolute Gasteiger partial charge is 0.398 e. The standard InChI is InChI=1S/C13H17N3O2S2/c1-9-3-4-12(11(14)7-9)20(17,18)16-8-10(2)13-15-5-6-19-13/h3-7,10,16H,8,14H2,1-2H3. The molecule has 3 N–H and O–H groups in total. The molecule has 0 saturated heterocycles. The maximum absolute atomic E-state index is 12.2. The number of aromatic nitrogens is 1. The van der Waals surface area contributed by atoms with Gasteiger partial charge in [-0.05, 0) is 24.6 Å². The van der Waals surface area contributed by atoms with Crippen molar-refractivity contribution in [2.75, 3.05) is 12.3 Å². The van der Waals surface area contributed by atoms with E-state index >= 15 is 0 Å². The molecule has 2 rings (SSSR count). The van der Waals surface area contributed by atoms with E-state index in [1.807, 2.05) is 19.2 Å². The van der Waals surface area contributed by atoms with E-state index in [1.165, 1.54) is 17.4 Å². The number of anilines is 1. The third-order valence-corrected chi connectivity index (χ3v) is 5.41. The van der Waals surface area contributed by atoms with E-state index < -0.39 is 10.0 Å². The summed E-state index contributed by atoms with van der Waals surface area (Å²) in [6.07, 6.45) is 1.71. The Morgan fingerprint density at radius 1 is 1.45 bits per heavy atom. The maximum Gasteiger partial charge on any atom is 0.242 e. The summed E-state index contributed by atoms with van der Waals surface area (Å²) in [4.78, 5) is 4.30. The van der Waals surface area contributed by atoms with Crippen LogP contribution in [-0.2, 0) is 10.0 Å². The monoisotopic (exact) mass is 311 g/mol. The minimum absolute atomic E-state index is 0.0245. The first-order chi connectivity index (χ1) is 9.40. The van der Waals surface area contributed by atoms with Gasteiger partial charge in [0, 0.05) is 24.0 Å². The van der Waals surface area contributed by atoms with Gasteiger partial charge in [-0.1, -0.05) is 13.0 Å². The number of sulfonamides is 1. The van der Waals surface area contributed by atoms with Gasteiger partial charge in [0.05, 0.1) is 10.7 Å². The van der Waals surface area contributed by atoms with Crippen molar-refractivity contribution in [3.63, 3.8) is 0 Å². The fourth-order valence-electron chi connectivity index (χ4n) is 1.79. The Hall–Kier alpha value is -1.44. The van der Waals surface area contributed by atoms with Gasteiger partial charge in [0.1, 0.15) is 4.90 Å². The molecule has 0 saturated carbocycles. The lowest BCUT2D eigenvalue weighted by atomic mass is 10.2. The molecule has 0 bridgehead atoms. The fourth-order valence-corrected chi connectivity index (χ4v) is 3.73. The van der Waals surface area contributed by atoms with Gasteiger partial charge in [0.2, 0.25) is 10.0 Å². The number of thiazole rings is 1. The van der Waals surface area contributed by atoms with E-state index in [4.69, 9.17) is 5.73 Å². The molecule has 0 aliphatic carbocycles. The number of nitrogens with one attached hydrogen (secondary N) is 1. The van der Waals surface area contributed by atoms with Crippen molar-refractivity contribution in [2.24, 2.45) is 0 Å². The highest BCUT2D eigenvalue weighted by Gasteiger charge is 2.19. The maximum atomic E-state index is 12.2. The van der Waals surface area contributed by atoms with Crippen molar-refractivity contribution < 1.29 is 8.42 Å². The predicted molar refractivity (Wildman–Crippen MR) is 81.3 cm³/mol. The summed E-state index contributed by atoms with van der Waals surface area (Å²) in [5.41, 5.74) is 6.97. The molecule has 1 unspecified atom stereocenters. The van der Waals surface area contributed by atoms with E-state index in [2.05, 4.69) is 9.71 Å². The molecular weight excluding hydrogens is 294 g/mol. The number of nitrogens with two attached hydrogens (primary N) is 1. The van der Waals surface area contributed by atoms with Gasteiger partial charge in [-0.2, -0.15) is 0 Å². The van der Waals surface area contributed by atoms with Crippen molar-refractivity contribution in [3.05, 3.63) is 40.3 Å². The predicted octanol–water partition coefficient (Wildman–Crippen LogP) is 2.12. The average molecular weight is 311 g/mol. The Morgan fingerprint density at radius 3 is 2.80 bits per heavy atom. The number of nitrogens with zero attached hydrogens (tertiary/aromatic N) is 1. The van der Waals surface area contributed by atoms with E-state index in [1.54, 1.807) is 18.3 Å². The molecule has 0 aliphatic rings. The van der Waals surface area contributed by atoms with Crippen LogP contribution in [-0.4, -0.2) is 19.9 Å². The Labute approximate surface area is 122 Å². The van der Waals surface area contributed by atoms with Crippen molar-refractivity contribution in [3.8, 4) is 0 Å². The quantitative estimate of drug-likeness (QED) is 0.828. The van der Waals surface area contributed by atoms with Crippen molar-refractivity contribution in [1.29, 1.82) is 0 Å². The lowest BCUT2D eigenvalue weighted by Crippen LogP contribution is -2.28. The van der Waals surface area contributed by atoms with Crippen LogP contribution in [0.1, 0.15) is 23.4 Å². The first kappa shape index (κ1) is 15.0. The lowest BCUT2D eigenvalue weighted by Gasteiger charge is -2.12.